The van der Waals surface area contributed by atoms with E-state index in [9.17, 15) is 14.9 Å². The Morgan fingerprint density at radius 1 is 1.41 bits per heavy atom. The number of hydrogen-bond acceptors (Lipinski definition) is 8. The summed E-state index contributed by atoms with van der Waals surface area (Å²) >= 11 is 0. The van der Waals surface area contributed by atoms with E-state index in [0.29, 0.717) is 5.56 Å². The van der Waals surface area contributed by atoms with Gasteiger partial charge in [-0.3, -0.25) is 10.1 Å². The first-order valence-electron chi connectivity index (χ1n) is 6.21. The third-order valence-corrected chi connectivity index (χ3v) is 2.43. The molecule has 116 valence electrons. The molecule has 0 atom stereocenters. The van der Waals surface area contributed by atoms with Crippen molar-refractivity contribution in [1.29, 1.82) is 0 Å². The molecule has 1 rings (SSSR count). The molecule has 9 heteroatoms. The molecule has 0 unspecified atom stereocenters. The van der Waals surface area contributed by atoms with E-state index in [1.54, 1.807) is 6.92 Å². The number of ether oxygens (including phenoxy) is 1. The molecule has 0 aromatic heterocycles. The lowest BCUT2D eigenvalue weighted by Crippen LogP contribution is -2.24. The molecule has 0 saturated heterocycles. The number of oxime groups is 1. The molecule has 0 radical (unpaired) electrons. The predicted molar refractivity (Wildman–Crippen MR) is 79.7 cm³/mol. The summed E-state index contributed by atoms with van der Waals surface area (Å²) in [6, 6.07) is 5.66. The zero-order valence-corrected chi connectivity index (χ0v) is 12.0. The van der Waals surface area contributed by atoms with Gasteiger partial charge < -0.3 is 9.94 Å². The summed E-state index contributed by atoms with van der Waals surface area (Å²) in [5.41, 5.74) is 0.274. The SMILES string of the molecule is CCOC(=O)C(=N\O)/C(C)=N/N=C/c1ccc([N+](=O)[O-])cc1. The fraction of sp³-hybridized carbons (Fsp3) is 0.231. The second kappa shape index (κ2) is 8.25. The molecular formula is C13H14N4O5. The van der Waals surface area contributed by atoms with Crippen molar-refractivity contribution in [2.24, 2.45) is 15.4 Å². The summed E-state index contributed by atoms with van der Waals surface area (Å²) in [7, 11) is 0. The normalized spacial score (nSPS) is 12.5. The number of nitro benzene ring substituents is 1. The number of benzene rings is 1. The summed E-state index contributed by atoms with van der Waals surface area (Å²) in [6.07, 6.45) is 1.34. The smallest absolute Gasteiger partial charge is 0.362 e. The van der Waals surface area contributed by atoms with Crippen molar-refractivity contribution in [3.8, 4) is 0 Å². The predicted octanol–water partition coefficient (Wildman–Crippen LogP) is 1.78. The van der Waals surface area contributed by atoms with Crippen molar-refractivity contribution in [1.82, 2.24) is 0 Å². The van der Waals surface area contributed by atoms with Gasteiger partial charge in [-0.25, -0.2) is 4.79 Å². The van der Waals surface area contributed by atoms with Gasteiger partial charge in [0.15, 0.2) is 0 Å². The van der Waals surface area contributed by atoms with E-state index in [-0.39, 0.29) is 23.7 Å². The van der Waals surface area contributed by atoms with Gasteiger partial charge in [0.2, 0.25) is 5.71 Å². The van der Waals surface area contributed by atoms with Crippen molar-refractivity contribution in [3.63, 3.8) is 0 Å². The number of carbonyl (C=O) groups is 1. The van der Waals surface area contributed by atoms with Crippen LogP contribution in [-0.2, 0) is 9.53 Å². The molecule has 0 aliphatic rings. The van der Waals surface area contributed by atoms with Gasteiger partial charge in [-0.05, 0) is 31.5 Å². The standard InChI is InChI=1S/C13H14N4O5/c1-3-22-13(18)12(16-19)9(2)15-14-8-10-4-6-11(7-5-10)17(20)21/h4-8,19H,3H2,1-2H3/b14-8+,15-9+,16-12-. The first-order chi connectivity index (χ1) is 10.5. The van der Waals surface area contributed by atoms with Crippen LogP contribution in [0, 0.1) is 10.1 Å². The van der Waals surface area contributed by atoms with E-state index in [4.69, 9.17) is 5.21 Å². The van der Waals surface area contributed by atoms with Crippen LogP contribution in [0.1, 0.15) is 19.4 Å². The van der Waals surface area contributed by atoms with Crippen molar-refractivity contribution >= 4 is 29.3 Å². The number of nitrogens with zero attached hydrogens (tertiary/aromatic N) is 4. The molecule has 9 nitrogen and oxygen atoms in total. The van der Waals surface area contributed by atoms with Crippen LogP contribution in [0.5, 0.6) is 0 Å². The topological polar surface area (TPSA) is 127 Å². The molecule has 0 bridgehead atoms. The lowest BCUT2D eigenvalue weighted by Gasteiger charge is -2.01. The highest BCUT2D eigenvalue weighted by Crippen LogP contribution is 2.10. The first kappa shape index (κ1) is 17.0. The van der Waals surface area contributed by atoms with E-state index >= 15 is 0 Å². The summed E-state index contributed by atoms with van der Waals surface area (Å²) in [6.45, 7) is 3.18. The van der Waals surface area contributed by atoms with Crippen molar-refractivity contribution in [2.75, 3.05) is 6.61 Å². The molecule has 22 heavy (non-hydrogen) atoms. The lowest BCUT2D eigenvalue weighted by molar-refractivity contribution is -0.384. The molecule has 0 aliphatic heterocycles. The van der Waals surface area contributed by atoms with E-state index in [1.807, 2.05) is 0 Å². The fourth-order valence-corrected chi connectivity index (χ4v) is 1.37. The molecule has 0 spiro atoms. The Hall–Kier alpha value is -3.10. The van der Waals surface area contributed by atoms with Crippen LogP contribution in [0.3, 0.4) is 0 Å². The van der Waals surface area contributed by atoms with Crippen LogP contribution < -0.4 is 0 Å². The Bertz CT molecular complexity index is 634. The Kier molecular flexibility index (Phi) is 6.35. The van der Waals surface area contributed by atoms with Gasteiger partial charge in [0, 0.05) is 12.1 Å². The number of esters is 1. The van der Waals surface area contributed by atoms with E-state index in [2.05, 4.69) is 20.1 Å². The average molecular weight is 306 g/mol. The number of hydrogen-bond donors (Lipinski definition) is 1. The minimum Gasteiger partial charge on any atom is -0.461 e. The molecule has 0 amide bonds. The second-order valence-corrected chi connectivity index (χ2v) is 3.95. The van der Waals surface area contributed by atoms with Crippen LogP contribution >= 0.6 is 0 Å². The van der Waals surface area contributed by atoms with Crippen LogP contribution in [-0.4, -0.2) is 40.3 Å². The maximum Gasteiger partial charge on any atom is 0.362 e. The molecule has 1 N–H and O–H groups in total. The highest BCUT2D eigenvalue weighted by molar-refractivity contribution is 6.65. The van der Waals surface area contributed by atoms with Crippen molar-refractivity contribution in [2.45, 2.75) is 13.8 Å². The summed E-state index contributed by atoms with van der Waals surface area (Å²) in [4.78, 5) is 21.4. The van der Waals surface area contributed by atoms with Crippen LogP contribution in [0.4, 0.5) is 5.69 Å². The Morgan fingerprint density at radius 3 is 2.55 bits per heavy atom. The second-order valence-electron chi connectivity index (χ2n) is 3.95. The van der Waals surface area contributed by atoms with E-state index < -0.39 is 10.9 Å². The monoisotopic (exact) mass is 306 g/mol. The molecule has 0 heterocycles. The molecule has 1 aromatic carbocycles. The molecule has 0 aliphatic carbocycles. The summed E-state index contributed by atoms with van der Waals surface area (Å²) in [5, 5.41) is 29.6. The number of rotatable bonds is 6. The summed E-state index contributed by atoms with van der Waals surface area (Å²) in [5.74, 6) is -0.809. The van der Waals surface area contributed by atoms with Gasteiger partial charge in [0.05, 0.1) is 23.5 Å². The fourth-order valence-electron chi connectivity index (χ4n) is 1.37. The highest BCUT2D eigenvalue weighted by atomic mass is 16.6. The maximum absolute atomic E-state index is 11.4. The number of nitro groups is 1. The van der Waals surface area contributed by atoms with Gasteiger partial charge in [-0.15, -0.1) is 0 Å². The highest BCUT2D eigenvalue weighted by Gasteiger charge is 2.16. The van der Waals surface area contributed by atoms with Crippen LogP contribution in [0.25, 0.3) is 0 Å². The Balaban J connectivity index is 2.81. The van der Waals surface area contributed by atoms with Crippen molar-refractivity contribution < 1.29 is 19.7 Å². The minimum absolute atomic E-state index is 0.0335. The Labute approximate surface area is 125 Å². The van der Waals surface area contributed by atoms with Gasteiger partial charge in [0.1, 0.15) is 0 Å². The first-order valence-corrected chi connectivity index (χ1v) is 6.21. The maximum atomic E-state index is 11.4. The number of non-ortho nitro benzene ring substituents is 1. The molecule has 0 saturated carbocycles. The quantitative estimate of drug-likeness (QED) is 0.282. The van der Waals surface area contributed by atoms with Crippen molar-refractivity contribution in [3.05, 3.63) is 39.9 Å². The van der Waals surface area contributed by atoms with Crippen LogP contribution in [0.15, 0.2) is 39.6 Å². The molecule has 0 fully saturated rings. The summed E-state index contributed by atoms with van der Waals surface area (Å²) < 4.78 is 4.69. The molecule has 1 aromatic rings. The van der Waals surface area contributed by atoms with Gasteiger partial charge >= 0.3 is 5.97 Å². The number of carbonyl (C=O) groups excluding carboxylic acids is 1. The molecular weight excluding hydrogens is 292 g/mol. The van der Waals surface area contributed by atoms with E-state index in [0.717, 1.165) is 0 Å². The minimum atomic E-state index is -0.809. The van der Waals surface area contributed by atoms with Crippen LogP contribution in [0.2, 0.25) is 0 Å². The average Bonchev–Trinajstić information content (AvgIpc) is 2.48. The Morgan fingerprint density at radius 2 is 2.05 bits per heavy atom. The zero-order chi connectivity index (χ0) is 16.5. The van der Waals surface area contributed by atoms with Gasteiger partial charge in [-0.1, -0.05) is 5.16 Å². The van der Waals surface area contributed by atoms with Gasteiger partial charge in [-0.2, -0.15) is 10.2 Å². The third kappa shape index (κ3) is 4.78. The largest absolute Gasteiger partial charge is 0.461 e. The van der Waals surface area contributed by atoms with E-state index in [1.165, 1.54) is 37.4 Å². The zero-order valence-electron chi connectivity index (χ0n) is 12.0. The van der Waals surface area contributed by atoms with Gasteiger partial charge in [0.25, 0.3) is 5.69 Å². The lowest BCUT2D eigenvalue weighted by atomic mass is 10.2. The third-order valence-electron chi connectivity index (χ3n) is 2.43.